The number of hydrogen-bond acceptors (Lipinski definition) is 3. The highest BCUT2D eigenvalue weighted by Gasteiger charge is 2.07. The number of nitrogens with two attached hydrogens (primary N) is 1. The zero-order valence-electron chi connectivity index (χ0n) is 5.13. The first-order valence-electron chi connectivity index (χ1n) is 2.31. The van der Waals surface area contributed by atoms with Gasteiger partial charge in [-0.3, -0.25) is 4.79 Å². The quantitative estimate of drug-likeness (QED) is 0.490. The predicted octanol–water partition coefficient (Wildman–Crippen LogP) is -0.960. The van der Waals surface area contributed by atoms with E-state index < -0.39 is 12.0 Å². The summed E-state index contributed by atoms with van der Waals surface area (Å²) in [4.78, 5) is 9.92. The van der Waals surface area contributed by atoms with Gasteiger partial charge in [0.15, 0.2) is 0 Å². The Labute approximate surface area is 59.8 Å². The van der Waals surface area contributed by atoms with Gasteiger partial charge in [0, 0.05) is 6.54 Å². The number of rotatable bonds is 3. The van der Waals surface area contributed by atoms with Crippen LogP contribution in [0, 0.1) is 0 Å². The highest BCUT2D eigenvalue weighted by molar-refractivity contribution is 5.85. The standard InChI is InChI=1S/C4H10N2O2.ClH/c1-6-2-3(5)4(7)8;/h3,6H,2,5H2,1H3,(H,7,8);1H/t3-;/m1./s1. The van der Waals surface area contributed by atoms with Gasteiger partial charge in [0.25, 0.3) is 0 Å². The fraction of sp³-hybridized carbons (Fsp3) is 0.750. The maximum absolute atomic E-state index is 9.92. The van der Waals surface area contributed by atoms with E-state index in [1.54, 1.807) is 7.05 Å². The summed E-state index contributed by atoms with van der Waals surface area (Å²) in [6, 6.07) is -0.778. The summed E-state index contributed by atoms with van der Waals surface area (Å²) in [7, 11) is 1.66. The lowest BCUT2D eigenvalue weighted by Crippen LogP contribution is -2.38. The number of carboxylic acid groups (broad SMARTS) is 1. The Morgan fingerprint density at radius 3 is 2.44 bits per heavy atom. The van der Waals surface area contributed by atoms with Crippen LogP contribution >= 0.6 is 12.4 Å². The normalized spacial score (nSPS) is 11.8. The Balaban J connectivity index is 0. The summed E-state index contributed by atoms with van der Waals surface area (Å²) in [5.41, 5.74) is 5.06. The Kier molecular flexibility index (Phi) is 7.41. The van der Waals surface area contributed by atoms with Crippen LogP contribution in [0.3, 0.4) is 0 Å². The minimum absolute atomic E-state index is 0. The van der Waals surface area contributed by atoms with Crippen LogP contribution in [0.2, 0.25) is 0 Å². The average molecular weight is 155 g/mol. The molecule has 56 valence electrons. The van der Waals surface area contributed by atoms with Crippen molar-refractivity contribution in [2.75, 3.05) is 13.6 Å². The number of aliphatic carboxylic acids is 1. The first kappa shape index (κ1) is 11.5. The molecule has 0 aliphatic rings. The van der Waals surface area contributed by atoms with E-state index >= 15 is 0 Å². The van der Waals surface area contributed by atoms with Crippen molar-refractivity contribution >= 4 is 18.4 Å². The summed E-state index contributed by atoms with van der Waals surface area (Å²) in [6.07, 6.45) is 0. The third kappa shape index (κ3) is 5.55. The summed E-state index contributed by atoms with van der Waals surface area (Å²) in [5, 5.41) is 10.8. The van der Waals surface area contributed by atoms with E-state index in [9.17, 15) is 4.79 Å². The number of carboxylic acids is 1. The maximum Gasteiger partial charge on any atom is 0.321 e. The first-order chi connectivity index (χ1) is 3.68. The molecule has 9 heavy (non-hydrogen) atoms. The van der Waals surface area contributed by atoms with Crippen LogP contribution in [0.4, 0.5) is 0 Å². The molecule has 0 rings (SSSR count). The van der Waals surface area contributed by atoms with Gasteiger partial charge in [-0.25, -0.2) is 0 Å². The van der Waals surface area contributed by atoms with Crippen LogP contribution in [-0.2, 0) is 4.79 Å². The van der Waals surface area contributed by atoms with Crippen molar-refractivity contribution in [3.63, 3.8) is 0 Å². The van der Waals surface area contributed by atoms with Gasteiger partial charge in [0.05, 0.1) is 0 Å². The van der Waals surface area contributed by atoms with E-state index in [0.29, 0.717) is 6.54 Å². The second kappa shape index (κ2) is 5.81. The van der Waals surface area contributed by atoms with Crippen molar-refractivity contribution in [3.05, 3.63) is 0 Å². The maximum atomic E-state index is 9.92. The molecule has 0 heterocycles. The number of nitrogens with one attached hydrogen (secondary N) is 1. The number of carbonyl (C=O) groups is 1. The van der Waals surface area contributed by atoms with Gasteiger partial charge in [0.1, 0.15) is 6.04 Å². The Morgan fingerprint density at radius 2 is 2.33 bits per heavy atom. The fourth-order valence-corrected chi connectivity index (χ4v) is 0.307. The summed E-state index contributed by atoms with van der Waals surface area (Å²) in [5.74, 6) is -0.973. The van der Waals surface area contributed by atoms with E-state index in [-0.39, 0.29) is 12.4 Å². The van der Waals surface area contributed by atoms with E-state index in [0.717, 1.165) is 0 Å². The van der Waals surface area contributed by atoms with Gasteiger partial charge < -0.3 is 16.2 Å². The molecule has 4 nitrogen and oxygen atoms in total. The molecule has 5 heteroatoms. The molecule has 0 radical (unpaired) electrons. The van der Waals surface area contributed by atoms with Gasteiger partial charge in [-0.15, -0.1) is 12.4 Å². The first-order valence-corrected chi connectivity index (χ1v) is 2.31. The monoisotopic (exact) mass is 154 g/mol. The molecule has 0 aromatic heterocycles. The molecule has 0 amide bonds. The fourth-order valence-electron chi connectivity index (χ4n) is 0.307. The SMILES string of the molecule is CNC[C@@H](N)C(=O)O.Cl. The molecular weight excluding hydrogens is 144 g/mol. The van der Waals surface area contributed by atoms with Gasteiger partial charge in [-0.2, -0.15) is 0 Å². The molecule has 0 aromatic rings. The summed E-state index contributed by atoms with van der Waals surface area (Å²) >= 11 is 0. The third-order valence-corrected chi connectivity index (χ3v) is 0.741. The van der Waals surface area contributed by atoms with Crippen molar-refractivity contribution in [2.24, 2.45) is 5.73 Å². The summed E-state index contributed by atoms with van der Waals surface area (Å²) < 4.78 is 0. The van der Waals surface area contributed by atoms with Gasteiger partial charge >= 0.3 is 5.97 Å². The van der Waals surface area contributed by atoms with E-state index in [1.165, 1.54) is 0 Å². The molecule has 0 spiro atoms. The largest absolute Gasteiger partial charge is 0.480 e. The van der Waals surface area contributed by atoms with Crippen LogP contribution in [-0.4, -0.2) is 30.7 Å². The smallest absolute Gasteiger partial charge is 0.321 e. The second-order valence-electron chi connectivity index (χ2n) is 1.50. The molecule has 0 saturated carbocycles. The lowest BCUT2D eigenvalue weighted by atomic mass is 10.3. The molecule has 0 unspecified atom stereocenters. The molecule has 1 atom stereocenters. The number of halogens is 1. The van der Waals surface area contributed by atoms with Crippen LogP contribution < -0.4 is 11.1 Å². The molecular formula is C4H11ClN2O2. The predicted molar refractivity (Wildman–Crippen MR) is 36.8 cm³/mol. The number of hydrogen-bond donors (Lipinski definition) is 3. The van der Waals surface area contributed by atoms with Crippen molar-refractivity contribution < 1.29 is 9.90 Å². The molecule has 4 N–H and O–H groups in total. The number of likely N-dealkylation sites (N-methyl/N-ethyl adjacent to an activating group) is 1. The molecule has 0 aliphatic heterocycles. The van der Waals surface area contributed by atoms with Crippen LogP contribution in [0.1, 0.15) is 0 Å². The molecule has 0 fully saturated rings. The van der Waals surface area contributed by atoms with Crippen molar-refractivity contribution in [2.45, 2.75) is 6.04 Å². The van der Waals surface area contributed by atoms with E-state index in [2.05, 4.69) is 5.32 Å². The minimum Gasteiger partial charge on any atom is -0.480 e. The average Bonchev–Trinajstić information content (AvgIpc) is 1.67. The zero-order chi connectivity index (χ0) is 6.57. The molecule has 0 saturated heterocycles. The van der Waals surface area contributed by atoms with E-state index in [4.69, 9.17) is 10.8 Å². The van der Waals surface area contributed by atoms with Crippen molar-refractivity contribution in [1.29, 1.82) is 0 Å². The van der Waals surface area contributed by atoms with Crippen molar-refractivity contribution in [3.8, 4) is 0 Å². The molecule has 0 bridgehead atoms. The van der Waals surface area contributed by atoms with Crippen molar-refractivity contribution in [1.82, 2.24) is 5.32 Å². The lowest BCUT2D eigenvalue weighted by molar-refractivity contribution is -0.138. The molecule has 0 aliphatic carbocycles. The zero-order valence-corrected chi connectivity index (χ0v) is 5.94. The van der Waals surface area contributed by atoms with Gasteiger partial charge in [0.2, 0.25) is 0 Å². The minimum atomic E-state index is -0.973. The van der Waals surface area contributed by atoms with Crippen LogP contribution in [0.25, 0.3) is 0 Å². The van der Waals surface area contributed by atoms with Crippen LogP contribution in [0.5, 0.6) is 0 Å². The Hall–Kier alpha value is -0.320. The topological polar surface area (TPSA) is 75.3 Å². The third-order valence-electron chi connectivity index (χ3n) is 0.741. The van der Waals surface area contributed by atoms with Gasteiger partial charge in [-0.1, -0.05) is 0 Å². The highest BCUT2D eigenvalue weighted by atomic mass is 35.5. The van der Waals surface area contributed by atoms with Gasteiger partial charge in [-0.05, 0) is 7.05 Å². The Bertz CT molecular complexity index is 88.6. The lowest BCUT2D eigenvalue weighted by Gasteiger charge is -2.02. The second-order valence-corrected chi connectivity index (χ2v) is 1.50. The summed E-state index contributed by atoms with van der Waals surface area (Å²) in [6.45, 7) is 0.315. The molecule has 0 aromatic carbocycles. The van der Waals surface area contributed by atoms with Crippen LogP contribution in [0.15, 0.2) is 0 Å². The van der Waals surface area contributed by atoms with E-state index in [1.807, 2.05) is 0 Å². The Morgan fingerprint density at radius 1 is 1.89 bits per heavy atom. The highest BCUT2D eigenvalue weighted by Crippen LogP contribution is 1.71.